The number of carbonyl (C=O) groups excluding carboxylic acids is 1. The molecular formula is C26H29NO2. The number of carbonyl (C=O) groups is 1. The van der Waals surface area contributed by atoms with Crippen LogP contribution >= 0.6 is 0 Å². The fourth-order valence-corrected chi connectivity index (χ4v) is 3.07. The summed E-state index contributed by atoms with van der Waals surface area (Å²) in [6.45, 7) is 7.15. The van der Waals surface area contributed by atoms with Crippen molar-refractivity contribution in [3.63, 3.8) is 0 Å². The summed E-state index contributed by atoms with van der Waals surface area (Å²) in [6.07, 6.45) is 1.97. The second-order valence-electron chi connectivity index (χ2n) is 8.24. The highest BCUT2D eigenvalue weighted by Gasteiger charge is 2.14. The van der Waals surface area contributed by atoms with Gasteiger partial charge in [0.1, 0.15) is 5.75 Å². The van der Waals surface area contributed by atoms with Gasteiger partial charge in [0.15, 0.2) is 0 Å². The molecule has 0 aliphatic carbocycles. The molecule has 3 nitrogen and oxygen atoms in total. The number of hydrogen-bond donors (Lipinski definition) is 1. The third-order valence-electron chi connectivity index (χ3n) is 4.85. The van der Waals surface area contributed by atoms with Crippen LogP contribution in [0, 0.1) is 0 Å². The fourth-order valence-electron chi connectivity index (χ4n) is 3.07. The van der Waals surface area contributed by atoms with Gasteiger partial charge >= 0.3 is 0 Å². The number of benzene rings is 3. The minimum absolute atomic E-state index is 0.0753. The molecule has 29 heavy (non-hydrogen) atoms. The molecular weight excluding hydrogens is 358 g/mol. The maximum atomic E-state index is 12.5. The summed E-state index contributed by atoms with van der Waals surface area (Å²) in [6, 6.07) is 25.7. The molecule has 0 saturated heterocycles. The van der Waals surface area contributed by atoms with Gasteiger partial charge < -0.3 is 10.1 Å². The zero-order valence-electron chi connectivity index (χ0n) is 17.4. The summed E-state index contributed by atoms with van der Waals surface area (Å²) in [5.41, 5.74) is 4.02. The first-order valence-electron chi connectivity index (χ1n) is 10.1. The van der Waals surface area contributed by atoms with Crippen LogP contribution in [0.25, 0.3) is 0 Å². The SMILES string of the molecule is CC(C)(C)c1ccc(C(=O)Nc2ccc(OCCCc3ccccc3)cc2)cc1. The molecule has 0 heterocycles. The van der Waals surface area contributed by atoms with Crippen LogP contribution in [0.1, 0.15) is 48.7 Å². The summed E-state index contributed by atoms with van der Waals surface area (Å²) in [7, 11) is 0. The van der Waals surface area contributed by atoms with Crippen LogP contribution in [-0.2, 0) is 11.8 Å². The normalized spacial score (nSPS) is 11.1. The van der Waals surface area contributed by atoms with Crippen molar-refractivity contribution in [2.45, 2.75) is 39.0 Å². The van der Waals surface area contributed by atoms with Gasteiger partial charge in [-0.05, 0) is 65.8 Å². The monoisotopic (exact) mass is 387 g/mol. The Balaban J connectivity index is 1.47. The standard InChI is InChI=1S/C26H29NO2/c1-26(2,3)22-13-11-21(12-14-22)25(28)27-23-15-17-24(18-16-23)29-19-7-10-20-8-5-4-6-9-20/h4-6,8-9,11-18H,7,10,19H2,1-3H3,(H,27,28). The Bertz CT molecular complexity index is 908. The lowest BCUT2D eigenvalue weighted by atomic mass is 9.87. The molecule has 0 aliphatic rings. The number of hydrogen-bond acceptors (Lipinski definition) is 2. The Morgan fingerprint density at radius 1 is 0.862 bits per heavy atom. The number of nitrogens with one attached hydrogen (secondary N) is 1. The summed E-state index contributed by atoms with van der Waals surface area (Å²) in [5, 5.41) is 2.94. The van der Waals surface area contributed by atoms with E-state index in [1.54, 1.807) is 0 Å². The third kappa shape index (κ3) is 6.21. The van der Waals surface area contributed by atoms with Gasteiger partial charge in [-0.3, -0.25) is 4.79 Å². The van der Waals surface area contributed by atoms with Crippen molar-refractivity contribution in [3.05, 3.63) is 95.6 Å². The van der Waals surface area contributed by atoms with Crippen LogP contribution in [-0.4, -0.2) is 12.5 Å². The van der Waals surface area contributed by atoms with E-state index >= 15 is 0 Å². The highest BCUT2D eigenvalue weighted by Crippen LogP contribution is 2.23. The van der Waals surface area contributed by atoms with Crippen molar-refractivity contribution in [3.8, 4) is 5.75 Å². The van der Waals surface area contributed by atoms with E-state index in [2.05, 4.69) is 50.4 Å². The van der Waals surface area contributed by atoms with Crippen molar-refractivity contribution in [2.75, 3.05) is 11.9 Å². The minimum Gasteiger partial charge on any atom is -0.494 e. The topological polar surface area (TPSA) is 38.3 Å². The number of rotatable bonds is 7. The molecule has 0 spiro atoms. The molecule has 3 rings (SSSR count). The molecule has 0 aromatic heterocycles. The van der Waals surface area contributed by atoms with Gasteiger partial charge in [-0.15, -0.1) is 0 Å². The number of aryl methyl sites for hydroxylation is 1. The molecule has 1 amide bonds. The number of ether oxygens (including phenoxy) is 1. The summed E-state index contributed by atoms with van der Waals surface area (Å²) in [5.74, 6) is 0.701. The van der Waals surface area contributed by atoms with Crippen molar-refractivity contribution in [1.82, 2.24) is 0 Å². The number of anilines is 1. The first-order chi connectivity index (χ1) is 13.9. The highest BCUT2D eigenvalue weighted by molar-refractivity contribution is 6.04. The second kappa shape index (κ2) is 9.42. The third-order valence-corrected chi connectivity index (χ3v) is 4.85. The largest absolute Gasteiger partial charge is 0.494 e. The molecule has 0 atom stereocenters. The zero-order valence-corrected chi connectivity index (χ0v) is 17.4. The van der Waals surface area contributed by atoms with Crippen molar-refractivity contribution >= 4 is 11.6 Å². The van der Waals surface area contributed by atoms with Crippen LogP contribution in [0.4, 0.5) is 5.69 Å². The molecule has 1 N–H and O–H groups in total. The first-order valence-corrected chi connectivity index (χ1v) is 10.1. The lowest BCUT2D eigenvalue weighted by Gasteiger charge is -2.19. The molecule has 0 bridgehead atoms. The Labute approximate surface area is 173 Å². The van der Waals surface area contributed by atoms with E-state index in [0.29, 0.717) is 12.2 Å². The molecule has 0 aliphatic heterocycles. The summed E-state index contributed by atoms with van der Waals surface area (Å²) in [4.78, 5) is 12.5. The van der Waals surface area contributed by atoms with Gasteiger partial charge in [-0.1, -0.05) is 63.2 Å². The van der Waals surface area contributed by atoms with E-state index in [9.17, 15) is 4.79 Å². The lowest BCUT2D eigenvalue weighted by molar-refractivity contribution is 0.102. The van der Waals surface area contributed by atoms with Crippen LogP contribution < -0.4 is 10.1 Å². The predicted molar refractivity (Wildman–Crippen MR) is 120 cm³/mol. The average molecular weight is 388 g/mol. The number of amides is 1. The van der Waals surface area contributed by atoms with Gasteiger partial charge in [0, 0.05) is 11.3 Å². The van der Waals surface area contributed by atoms with Gasteiger partial charge in [0.2, 0.25) is 0 Å². The van der Waals surface area contributed by atoms with Crippen molar-refractivity contribution in [1.29, 1.82) is 0 Å². The molecule has 3 aromatic rings. The van der Waals surface area contributed by atoms with Gasteiger partial charge in [0.05, 0.1) is 6.61 Å². The Kier molecular flexibility index (Phi) is 6.71. The van der Waals surface area contributed by atoms with E-state index in [1.165, 1.54) is 11.1 Å². The van der Waals surface area contributed by atoms with Crippen LogP contribution in [0.15, 0.2) is 78.9 Å². The van der Waals surface area contributed by atoms with Crippen LogP contribution in [0.3, 0.4) is 0 Å². The van der Waals surface area contributed by atoms with Crippen LogP contribution in [0.2, 0.25) is 0 Å². The fraction of sp³-hybridized carbons (Fsp3) is 0.269. The predicted octanol–water partition coefficient (Wildman–Crippen LogP) is 6.25. The molecule has 0 saturated carbocycles. The molecule has 150 valence electrons. The Morgan fingerprint density at radius 3 is 2.14 bits per heavy atom. The van der Waals surface area contributed by atoms with E-state index in [-0.39, 0.29) is 11.3 Å². The zero-order chi connectivity index (χ0) is 20.7. The summed E-state index contributed by atoms with van der Waals surface area (Å²) < 4.78 is 5.80. The quantitative estimate of drug-likeness (QED) is 0.487. The van der Waals surface area contributed by atoms with E-state index in [4.69, 9.17) is 4.74 Å². The maximum Gasteiger partial charge on any atom is 0.255 e. The molecule has 3 heteroatoms. The van der Waals surface area contributed by atoms with E-state index < -0.39 is 0 Å². The Hall–Kier alpha value is -3.07. The van der Waals surface area contributed by atoms with E-state index in [1.807, 2.05) is 54.6 Å². The van der Waals surface area contributed by atoms with Gasteiger partial charge in [-0.25, -0.2) is 0 Å². The van der Waals surface area contributed by atoms with Crippen LogP contribution in [0.5, 0.6) is 5.75 Å². The highest BCUT2D eigenvalue weighted by atomic mass is 16.5. The molecule has 0 unspecified atom stereocenters. The Morgan fingerprint density at radius 2 is 1.52 bits per heavy atom. The van der Waals surface area contributed by atoms with Gasteiger partial charge in [0.25, 0.3) is 5.91 Å². The van der Waals surface area contributed by atoms with Crippen molar-refractivity contribution in [2.24, 2.45) is 0 Å². The summed E-state index contributed by atoms with van der Waals surface area (Å²) >= 11 is 0. The lowest BCUT2D eigenvalue weighted by Crippen LogP contribution is -2.14. The maximum absolute atomic E-state index is 12.5. The average Bonchev–Trinajstić information content (AvgIpc) is 2.72. The van der Waals surface area contributed by atoms with E-state index in [0.717, 1.165) is 24.3 Å². The molecule has 3 aromatic carbocycles. The van der Waals surface area contributed by atoms with Crippen molar-refractivity contribution < 1.29 is 9.53 Å². The molecule has 0 radical (unpaired) electrons. The second-order valence-corrected chi connectivity index (χ2v) is 8.24. The minimum atomic E-state index is -0.109. The first kappa shape index (κ1) is 20.7. The smallest absolute Gasteiger partial charge is 0.255 e. The molecule has 0 fully saturated rings. The van der Waals surface area contributed by atoms with Gasteiger partial charge in [-0.2, -0.15) is 0 Å².